The maximum absolute atomic E-state index is 12.0. The molecule has 1 aromatic heterocycles. The summed E-state index contributed by atoms with van der Waals surface area (Å²) in [6.45, 7) is 4.66. The second-order valence-corrected chi connectivity index (χ2v) is 7.03. The lowest BCUT2D eigenvalue weighted by atomic mass is 9.99. The van der Waals surface area contributed by atoms with Gasteiger partial charge in [-0.25, -0.2) is 0 Å². The van der Waals surface area contributed by atoms with Crippen LogP contribution in [0.3, 0.4) is 0 Å². The lowest BCUT2D eigenvalue weighted by molar-refractivity contribution is -0.930. The Hall–Kier alpha value is -2.39. The molecular formula is C19H26N3O5S+. The average Bonchev–Trinajstić information content (AvgIpc) is 3.06. The fraction of sp³-hybridized carbons (Fsp3) is 0.526. The van der Waals surface area contributed by atoms with Crippen molar-refractivity contribution in [3.8, 4) is 11.5 Å². The van der Waals surface area contributed by atoms with E-state index in [1.54, 1.807) is 11.8 Å². The molecule has 152 valence electrons. The van der Waals surface area contributed by atoms with Gasteiger partial charge in [-0.1, -0.05) is 0 Å². The summed E-state index contributed by atoms with van der Waals surface area (Å²) in [6, 6.07) is 7.28. The number of methoxy groups -OCH3 is 1. The lowest BCUT2D eigenvalue weighted by Crippen LogP contribution is -3.13. The Labute approximate surface area is 169 Å². The number of aromatic nitrogens is 2. The highest BCUT2D eigenvalue weighted by Crippen LogP contribution is 2.18. The van der Waals surface area contributed by atoms with Crippen molar-refractivity contribution >= 4 is 18.2 Å². The molecule has 2 heterocycles. The number of quaternary nitrogens is 1. The van der Waals surface area contributed by atoms with Crippen molar-refractivity contribution in [2.75, 3.05) is 26.8 Å². The highest BCUT2D eigenvalue weighted by atomic mass is 32.1. The van der Waals surface area contributed by atoms with Crippen LogP contribution in [0.1, 0.15) is 25.7 Å². The maximum atomic E-state index is 12.0. The maximum Gasteiger partial charge on any atom is 0.314 e. The number of carbonyl (C=O) groups excluding carboxylic acids is 1. The topological polar surface area (TPSA) is 80.2 Å². The first-order chi connectivity index (χ1) is 13.6. The van der Waals surface area contributed by atoms with E-state index in [2.05, 4.69) is 5.10 Å². The molecule has 1 saturated heterocycles. The van der Waals surface area contributed by atoms with E-state index in [0.29, 0.717) is 36.3 Å². The van der Waals surface area contributed by atoms with Crippen LogP contribution in [0.5, 0.6) is 11.5 Å². The molecule has 0 spiro atoms. The van der Waals surface area contributed by atoms with Crippen molar-refractivity contribution in [3.63, 3.8) is 0 Å². The summed E-state index contributed by atoms with van der Waals surface area (Å²) < 4.78 is 23.2. The van der Waals surface area contributed by atoms with Gasteiger partial charge in [0.25, 0.3) is 10.7 Å². The van der Waals surface area contributed by atoms with Gasteiger partial charge in [0.05, 0.1) is 26.8 Å². The minimum absolute atomic E-state index is 0.0670. The number of carbonyl (C=O) groups is 1. The number of nitrogens with one attached hydrogen (secondary N) is 1. The first-order valence-corrected chi connectivity index (χ1v) is 9.83. The number of esters is 1. The van der Waals surface area contributed by atoms with E-state index in [4.69, 9.17) is 30.8 Å². The average molecular weight is 409 g/mol. The molecule has 1 aliphatic heterocycles. The number of benzene rings is 1. The highest BCUT2D eigenvalue weighted by molar-refractivity contribution is 7.71. The van der Waals surface area contributed by atoms with Gasteiger partial charge in [0, 0.05) is 0 Å². The van der Waals surface area contributed by atoms with Crippen molar-refractivity contribution in [2.24, 2.45) is 5.92 Å². The van der Waals surface area contributed by atoms with Crippen LogP contribution in [-0.2, 0) is 22.8 Å². The predicted molar refractivity (Wildman–Crippen MR) is 103 cm³/mol. The van der Waals surface area contributed by atoms with Crippen LogP contribution in [0.15, 0.2) is 28.7 Å². The Morgan fingerprint density at radius 2 is 2.11 bits per heavy atom. The van der Waals surface area contributed by atoms with Crippen molar-refractivity contribution < 1.29 is 28.3 Å². The number of piperidine rings is 1. The van der Waals surface area contributed by atoms with E-state index >= 15 is 0 Å². The molecule has 2 aromatic rings. The lowest BCUT2D eigenvalue weighted by Gasteiger charge is -2.28. The van der Waals surface area contributed by atoms with E-state index in [-0.39, 0.29) is 18.5 Å². The number of hydrogen-bond donors (Lipinski definition) is 1. The normalized spacial score (nSPS) is 19.2. The summed E-state index contributed by atoms with van der Waals surface area (Å²) in [5.41, 5.74) is 0. The highest BCUT2D eigenvalue weighted by Gasteiger charge is 2.30. The fourth-order valence-corrected chi connectivity index (χ4v) is 3.49. The number of ether oxygens (including phenoxy) is 3. The largest absolute Gasteiger partial charge is 0.497 e. The van der Waals surface area contributed by atoms with E-state index in [1.165, 1.54) is 4.90 Å². The Morgan fingerprint density at radius 3 is 2.82 bits per heavy atom. The number of hydrogen-bond acceptors (Lipinski definition) is 7. The Balaban J connectivity index is 1.56. The molecule has 0 amide bonds. The Kier molecular flexibility index (Phi) is 7.05. The van der Waals surface area contributed by atoms with Gasteiger partial charge in [-0.05, 0) is 56.2 Å². The van der Waals surface area contributed by atoms with Crippen LogP contribution in [0.4, 0.5) is 0 Å². The van der Waals surface area contributed by atoms with E-state index in [1.807, 2.05) is 31.2 Å². The van der Waals surface area contributed by atoms with E-state index < -0.39 is 0 Å². The summed E-state index contributed by atoms with van der Waals surface area (Å²) >= 11 is 5.28. The third-order valence-electron chi connectivity index (χ3n) is 4.68. The molecule has 0 saturated carbocycles. The molecule has 8 nitrogen and oxygen atoms in total. The molecule has 0 bridgehead atoms. The van der Waals surface area contributed by atoms with Gasteiger partial charge in [-0.2, -0.15) is 4.68 Å². The zero-order valence-corrected chi connectivity index (χ0v) is 17.0. The summed E-state index contributed by atoms with van der Waals surface area (Å²) in [6.07, 6.45) is 1.84. The third-order valence-corrected chi connectivity index (χ3v) is 4.98. The first kappa shape index (κ1) is 20.3. The van der Waals surface area contributed by atoms with Crippen molar-refractivity contribution in [2.45, 2.75) is 33.0 Å². The van der Waals surface area contributed by atoms with Crippen LogP contribution in [0.25, 0.3) is 0 Å². The second kappa shape index (κ2) is 9.70. The van der Waals surface area contributed by atoms with Gasteiger partial charge in [-0.15, -0.1) is 5.10 Å². The predicted octanol–water partition coefficient (Wildman–Crippen LogP) is 1.61. The summed E-state index contributed by atoms with van der Waals surface area (Å²) in [5.74, 6) is 1.69. The van der Waals surface area contributed by atoms with E-state index in [9.17, 15) is 4.79 Å². The molecule has 0 radical (unpaired) electrons. The van der Waals surface area contributed by atoms with E-state index in [0.717, 1.165) is 25.1 Å². The van der Waals surface area contributed by atoms with Gasteiger partial charge in [0.1, 0.15) is 17.4 Å². The van der Waals surface area contributed by atoms with Crippen LogP contribution in [0.2, 0.25) is 0 Å². The van der Waals surface area contributed by atoms with Crippen LogP contribution >= 0.6 is 12.2 Å². The number of nitrogens with zero attached hydrogens (tertiary/aromatic N) is 2. The molecule has 1 N–H and O–H groups in total. The molecule has 28 heavy (non-hydrogen) atoms. The summed E-state index contributed by atoms with van der Waals surface area (Å²) in [4.78, 5) is 13.5. The first-order valence-electron chi connectivity index (χ1n) is 9.43. The molecule has 9 heteroatoms. The molecule has 2 atom stereocenters. The number of likely N-dealkylation sites (tertiary alicyclic amines) is 1. The third kappa shape index (κ3) is 5.32. The van der Waals surface area contributed by atoms with Crippen molar-refractivity contribution in [1.29, 1.82) is 0 Å². The molecule has 1 fully saturated rings. The van der Waals surface area contributed by atoms with Gasteiger partial charge < -0.3 is 23.5 Å². The monoisotopic (exact) mass is 408 g/mol. The minimum Gasteiger partial charge on any atom is -0.497 e. The molecule has 1 unspecified atom stereocenters. The molecular weight excluding hydrogens is 382 g/mol. The molecule has 1 aliphatic rings. The Morgan fingerprint density at radius 1 is 1.36 bits per heavy atom. The van der Waals surface area contributed by atoms with Crippen LogP contribution < -0.4 is 14.4 Å². The Bertz CT molecular complexity index is 833. The summed E-state index contributed by atoms with van der Waals surface area (Å²) in [7, 11) is 1.62. The second-order valence-electron chi connectivity index (χ2n) is 6.68. The van der Waals surface area contributed by atoms with Gasteiger partial charge in [0.2, 0.25) is 0 Å². The number of rotatable bonds is 8. The molecule has 0 aliphatic carbocycles. The molecule has 1 aromatic carbocycles. The van der Waals surface area contributed by atoms with Crippen LogP contribution in [-0.4, -0.2) is 42.6 Å². The fourth-order valence-electron chi connectivity index (χ4n) is 3.29. The van der Waals surface area contributed by atoms with Crippen molar-refractivity contribution in [3.05, 3.63) is 35.0 Å². The smallest absolute Gasteiger partial charge is 0.314 e. The zero-order valence-electron chi connectivity index (χ0n) is 16.2. The molecule has 3 rings (SSSR count). The van der Waals surface area contributed by atoms with Gasteiger partial charge in [0.15, 0.2) is 13.3 Å². The SMILES string of the molecule is CCOC(=O)[C@@H]1CCC[NH+](Cn2nc(COc3ccc(OC)cc3)oc2=S)C1. The van der Waals surface area contributed by atoms with Crippen LogP contribution in [0, 0.1) is 10.8 Å². The standard InChI is InChI=1S/C19H25N3O5S/c1-3-25-18(23)14-5-4-10-21(11-14)13-22-19(28)27-17(20-22)12-26-16-8-6-15(24-2)7-9-16/h6-9,14H,3-5,10-13H2,1-2H3/p+1/t14-/m1/s1. The van der Waals surface area contributed by atoms with Gasteiger partial charge in [-0.3, -0.25) is 4.79 Å². The minimum atomic E-state index is -0.114. The quantitative estimate of drug-likeness (QED) is 0.525. The zero-order chi connectivity index (χ0) is 19.9. The van der Waals surface area contributed by atoms with Crippen molar-refractivity contribution in [1.82, 2.24) is 9.78 Å². The van der Waals surface area contributed by atoms with Gasteiger partial charge >= 0.3 is 5.97 Å². The summed E-state index contributed by atoms with van der Waals surface area (Å²) in [5, 5.41) is 4.42.